The van der Waals surface area contributed by atoms with Crippen molar-refractivity contribution in [3.05, 3.63) is 62.7 Å². The Balaban J connectivity index is 2.41. The highest BCUT2D eigenvalue weighted by atomic mass is 16.1. The number of carbonyl (C=O) groups excluding carboxylic acids is 1. The monoisotopic (exact) mass is 381 g/mol. The fraction of sp³-hybridized carbons (Fsp3) is 0.333. The standard InChI is InChI=1S/C21H27N5O2/c1-11(2)18-8-15(16(9-22)19(26-18)24-12(3)4)20(27)23-10-17-13(5)7-14(6)25-21(17)28/h7-9,12,22H,1,10H2,2-6H3,(H,23,27)(H,24,26)(H,25,28). The number of aryl methyl sites for hydroxylation is 2. The van der Waals surface area contributed by atoms with E-state index in [1.165, 1.54) is 0 Å². The van der Waals surface area contributed by atoms with Gasteiger partial charge < -0.3 is 21.0 Å². The molecule has 0 spiro atoms. The van der Waals surface area contributed by atoms with Crippen molar-refractivity contribution in [1.82, 2.24) is 15.3 Å². The lowest BCUT2D eigenvalue weighted by atomic mass is 10.0. The Morgan fingerprint density at radius 2 is 2.04 bits per heavy atom. The highest BCUT2D eigenvalue weighted by Crippen LogP contribution is 2.22. The molecule has 0 radical (unpaired) electrons. The minimum atomic E-state index is -0.380. The fourth-order valence-corrected chi connectivity index (χ4v) is 2.86. The molecule has 2 aromatic rings. The first-order valence-electron chi connectivity index (χ1n) is 9.09. The molecule has 2 aromatic heterocycles. The predicted molar refractivity (Wildman–Crippen MR) is 113 cm³/mol. The zero-order chi connectivity index (χ0) is 21.0. The largest absolute Gasteiger partial charge is 0.367 e. The van der Waals surface area contributed by atoms with Crippen LogP contribution in [0.4, 0.5) is 5.82 Å². The summed E-state index contributed by atoms with van der Waals surface area (Å²) in [4.78, 5) is 32.3. The Labute approximate surface area is 164 Å². The van der Waals surface area contributed by atoms with Crippen LogP contribution in [0.1, 0.15) is 59.2 Å². The van der Waals surface area contributed by atoms with Gasteiger partial charge in [0.2, 0.25) is 0 Å². The van der Waals surface area contributed by atoms with Crippen molar-refractivity contribution in [2.75, 3.05) is 5.32 Å². The second kappa shape index (κ2) is 8.65. The van der Waals surface area contributed by atoms with Crippen molar-refractivity contribution in [2.45, 2.75) is 47.2 Å². The van der Waals surface area contributed by atoms with Gasteiger partial charge in [0.25, 0.3) is 11.5 Å². The van der Waals surface area contributed by atoms with Crippen LogP contribution >= 0.6 is 0 Å². The van der Waals surface area contributed by atoms with Gasteiger partial charge in [0.15, 0.2) is 0 Å². The summed E-state index contributed by atoms with van der Waals surface area (Å²) in [6.07, 6.45) is 1.11. The highest BCUT2D eigenvalue weighted by molar-refractivity contribution is 6.05. The maximum absolute atomic E-state index is 12.9. The Morgan fingerprint density at radius 3 is 2.57 bits per heavy atom. The molecule has 0 unspecified atom stereocenters. The average molecular weight is 381 g/mol. The van der Waals surface area contributed by atoms with Crippen LogP contribution in [0.3, 0.4) is 0 Å². The first-order chi connectivity index (χ1) is 13.1. The lowest BCUT2D eigenvalue weighted by molar-refractivity contribution is 0.0950. The topological polar surface area (TPSA) is 111 Å². The molecule has 0 atom stereocenters. The molecule has 0 saturated heterocycles. The summed E-state index contributed by atoms with van der Waals surface area (Å²) in [5.41, 5.74) is 3.86. The summed E-state index contributed by atoms with van der Waals surface area (Å²) in [5.74, 6) is 0.0783. The van der Waals surface area contributed by atoms with E-state index in [4.69, 9.17) is 5.41 Å². The number of aromatic amines is 1. The molecule has 0 aliphatic carbocycles. The van der Waals surface area contributed by atoms with Gasteiger partial charge in [-0.05, 0) is 57.9 Å². The van der Waals surface area contributed by atoms with Crippen LogP contribution in [0.2, 0.25) is 0 Å². The number of nitrogens with zero attached hydrogens (tertiary/aromatic N) is 1. The maximum atomic E-state index is 12.9. The highest BCUT2D eigenvalue weighted by Gasteiger charge is 2.18. The molecule has 2 heterocycles. The molecule has 4 N–H and O–H groups in total. The van der Waals surface area contributed by atoms with E-state index in [1.54, 1.807) is 6.07 Å². The molecule has 28 heavy (non-hydrogen) atoms. The molecule has 1 amide bonds. The summed E-state index contributed by atoms with van der Waals surface area (Å²) in [5, 5.41) is 13.7. The van der Waals surface area contributed by atoms with Gasteiger partial charge in [-0.15, -0.1) is 0 Å². The second-order valence-electron chi connectivity index (χ2n) is 7.17. The third kappa shape index (κ3) is 4.73. The predicted octanol–water partition coefficient (Wildman–Crippen LogP) is 3.17. The van der Waals surface area contributed by atoms with Crippen LogP contribution in [0.15, 0.2) is 23.5 Å². The van der Waals surface area contributed by atoms with Gasteiger partial charge in [-0.3, -0.25) is 9.59 Å². The molecule has 7 nitrogen and oxygen atoms in total. The molecule has 7 heteroatoms. The number of carbonyl (C=O) groups is 1. The summed E-state index contributed by atoms with van der Waals surface area (Å²) >= 11 is 0. The molecule has 0 aromatic carbocycles. The molecular formula is C21H27N5O2. The summed E-state index contributed by atoms with van der Waals surface area (Å²) in [6.45, 7) is 13.4. The van der Waals surface area contributed by atoms with Gasteiger partial charge in [0.05, 0.1) is 11.3 Å². The smallest absolute Gasteiger partial charge is 0.253 e. The van der Waals surface area contributed by atoms with Gasteiger partial charge >= 0.3 is 0 Å². The van der Waals surface area contributed by atoms with Crippen LogP contribution in [0.25, 0.3) is 5.57 Å². The van der Waals surface area contributed by atoms with Crippen molar-refractivity contribution in [1.29, 1.82) is 5.41 Å². The zero-order valence-corrected chi connectivity index (χ0v) is 17.0. The van der Waals surface area contributed by atoms with E-state index >= 15 is 0 Å². The van der Waals surface area contributed by atoms with Crippen LogP contribution in [-0.4, -0.2) is 28.1 Å². The SMILES string of the molecule is C=C(C)c1cc(C(=O)NCc2c(C)cc(C)[nH]c2=O)c(C=N)c(NC(C)C)n1. The van der Waals surface area contributed by atoms with E-state index in [9.17, 15) is 9.59 Å². The zero-order valence-electron chi connectivity index (χ0n) is 17.0. The Kier molecular flexibility index (Phi) is 6.51. The normalized spacial score (nSPS) is 10.6. The number of anilines is 1. The molecule has 0 bridgehead atoms. The van der Waals surface area contributed by atoms with Gasteiger partial charge in [0, 0.05) is 35.6 Å². The number of hydrogen-bond donors (Lipinski definition) is 4. The number of amides is 1. The van der Waals surface area contributed by atoms with Gasteiger partial charge in [-0.25, -0.2) is 4.98 Å². The first kappa shape index (κ1) is 21.1. The van der Waals surface area contributed by atoms with E-state index in [2.05, 4.69) is 27.2 Å². The molecule has 0 fully saturated rings. The minimum absolute atomic E-state index is 0.0799. The summed E-state index contributed by atoms with van der Waals surface area (Å²) in [7, 11) is 0. The van der Waals surface area contributed by atoms with Crippen LogP contribution < -0.4 is 16.2 Å². The Hall–Kier alpha value is -3.22. The van der Waals surface area contributed by atoms with Crippen molar-refractivity contribution < 1.29 is 4.79 Å². The van der Waals surface area contributed by atoms with E-state index < -0.39 is 0 Å². The van der Waals surface area contributed by atoms with Crippen LogP contribution in [-0.2, 0) is 6.54 Å². The van der Waals surface area contributed by atoms with Crippen LogP contribution in [0.5, 0.6) is 0 Å². The second-order valence-corrected chi connectivity index (χ2v) is 7.17. The van der Waals surface area contributed by atoms with Gasteiger partial charge in [-0.2, -0.15) is 0 Å². The summed E-state index contributed by atoms with van der Waals surface area (Å²) < 4.78 is 0. The number of nitrogens with one attached hydrogen (secondary N) is 4. The average Bonchev–Trinajstić information content (AvgIpc) is 2.59. The van der Waals surface area contributed by atoms with Crippen molar-refractivity contribution in [2.24, 2.45) is 0 Å². The quantitative estimate of drug-likeness (QED) is 0.552. The first-order valence-corrected chi connectivity index (χ1v) is 9.09. The third-order valence-electron chi connectivity index (χ3n) is 4.23. The lowest BCUT2D eigenvalue weighted by Crippen LogP contribution is -2.29. The molecule has 0 aliphatic rings. The van der Waals surface area contributed by atoms with Crippen molar-refractivity contribution >= 4 is 23.5 Å². The number of pyridine rings is 2. The molecule has 2 rings (SSSR count). The number of H-pyrrole nitrogens is 1. The van der Waals surface area contributed by atoms with E-state index in [1.807, 2.05) is 40.7 Å². The van der Waals surface area contributed by atoms with E-state index in [-0.39, 0.29) is 24.1 Å². The Morgan fingerprint density at radius 1 is 1.36 bits per heavy atom. The molecular weight excluding hydrogens is 354 g/mol. The Bertz CT molecular complexity index is 989. The number of hydrogen-bond acceptors (Lipinski definition) is 5. The van der Waals surface area contributed by atoms with E-state index in [0.717, 1.165) is 17.5 Å². The lowest BCUT2D eigenvalue weighted by Gasteiger charge is -2.17. The molecule has 0 saturated carbocycles. The molecule has 148 valence electrons. The van der Waals surface area contributed by atoms with E-state index in [0.29, 0.717) is 33.8 Å². The van der Waals surface area contributed by atoms with Gasteiger partial charge in [-0.1, -0.05) is 6.58 Å². The summed E-state index contributed by atoms with van der Waals surface area (Å²) in [6, 6.07) is 3.56. The molecule has 0 aliphatic heterocycles. The minimum Gasteiger partial charge on any atom is -0.367 e. The third-order valence-corrected chi connectivity index (χ3v) is 4.23. The maximum Gasteiger partial charge on any atom is 0.253 e. The van der Waals surface area contributed by atoms with Crippen molar-refractivity contribution in [3.63, 3.8) is 0 Å². The number of aromatic nitrogens is 2. The number of rotatable bonds is 7. The van der Waals surface area contributed by atoms with Crippen molar-refractivity contribution in [3.8, 4) is 0 Å². The van der Waals surface area contributed by atoms with Crippen LogP contribution in [0, 0.1) is 19.3 Å². The fourth-order valence-electron chi connectivity index (χ4n) is 2.86. The number of allylic oxidation sites excluding steroid dienone is 1. The van der Waals surface area contributed by atoms with Gasteiger partial charge in [0.1, 0.15) is 5.82 Å².